The minimum Gasteiger partial charge on any atom is -0.496 e. The maximum absolute atomic E-state index is 12.2. The summed E-state index contributed by atoms with van der Waals surface area (Å²) in [4.78, 5) is 12.2. The number of nitrogen functional groups attached to an aromatic ring is 1. The summed E-state index contributed by atoms with van der Waals surface area (Å²) >= 11 is 0. The Morgan fingerprint density at radius 2 is 2.26 bits per heavy atom. The third-order valence-electron chi connectivity index (χ3n) is 2.86. The Morgan fingerprint density at radius 1 is 1.47 bits per heavy atom. The normalized spacial score (nSPS) is 10.2. The van der Waals surface area contributed by atoms with Gasteiger partial charge in [0.15, 0.2) is 0 Å². The van der Waals surface area contributed by atoms with Gasteiger partial charge in [-0.25, -0.2) is 0 Å². The van der Waals surface area contributed by atoms with Crippen LogP contribution >= 0.6 is 0 Å². The Balaban J connectivity index is 2.14. The first kappa shape index (κ1) is 12.9. The topological polar surface area (TPSA) is 82.2 Å². The van der Waals surface area contributed by atoms with Crippen molar-refractivity contribution in [1.29, 1.82) is 0 Å². The molecule has 1 aromatic carbocycles. The van der Waals surface area contributed by atoms with Crippen LogP contribution in [0.15, 0.2) is 30.5 Å². The van der Waals surface area contributed by atoms with E-state index in [9.17, 15) is 4.79 Å². The van der Waals surface area contributed by atoms with E-state index in [2.05, 4.69) is 10.4 Å². The Kier molecular flexibility index (Phi) is 3.70. The average molecular weight is 260 g/mol. The molecule has 0 spiro atoms. The van der Waals surface area contributed by atoms with Crippen molar-refractivity contribution >= 4 is 11.6 Å². The number of benzene rings is 1. The van der Waals surface area contributed by atoms with Crippen molar-refractivity contribution in [2.75, 3.05) is 12.8 Å². The Labute approximate surface area is 111 Å². The molecule has 0 fully saturated rings. The van der Waals surface area contributed by atoms with E-state index in [0.29, 0.717) is 23.5 Å². The molecular formula is C13H16N4O2. The largest absolute Gasteiger partial charge is 0.496 e. The zero-order chi connectivity index (χ0) is 13.8. The van der Waals surface area contributed by atoms with Crippen molar-refractivity contribution in [3.63, 3.8) is 0 Å². The maximum atomic E-state index is 12.2. The van der Waals surface area contributed by atoms with E-state index in [4.69, 9.17) is 10.5 Å². The van der Waals surface area contributed by atoms with E-state index < -0.39 is 0 Å². The lowest BCUT2D eigenvalue weighted by molar-refractivity contribution is 0.0948. The van der Waals surface area contributed by atoms with Crippen LogP contribution in [0.3, 0.4) is 0 Å². The molecule has 100 valence electrons. The number of amides is 1. The van der Waals surface area contributed by atoms with Crippen LogP contribution in [0.1, 0.15) is 16.1 Å². The van der Waals surface area contributed by atoms with Crippen LogP contribution in [-0.2, 0) is 13.6 Å². The van der Waals surface area contributed by atoms with Crippen molar-refractivity contribution in [1.82, 2.24) is 15.1 Å². The first-order chi connectivity index (χ1) is 9.13. The summed E-state index contributed by atoms with van der Waals surface area (Å²) in [5.41, 5.74) is 7.47. The smallest absolute Gasteiger partial charge is 0.257 e. The standard InChI is InChI=1S/C13H16N4O2/c1-17-9(6-7-16-17)8-15-13(18)12-10(14)4-3-5-11(12)19-2/h3-7H,8,14H2,1-2H3,(H,15,18). The number of anilines is 1. The molecule has 2 rings (SSSR count). The lowest BCUT2D eigenvalue weighted by Crippen LogP contribution is -2.25. The van der Waals surface area contributed by atoms with Crippen LogP contribution in [0.2, 0.25) is 0 Å². The zero-order valence-electron chi connectivity index (χ0n) is 10.9. The molecule has 0 saturated heterocycles. The van der Waals surface area contributed by atoms with Crippen LogP contribution in [-0.4, -0.2) is 22.8 Å². The molecule has 6 heteroatoms. The van der Waals surface area contributed by atoms with Crippen molar-refractivity contribution in [3.05, 3.63) is 41.7 Å². The SMILES string of the molecule is COc1cccc(N)c1C(=O)NCc1ccnn1C. The minimum atomic E-state index is -0.267. The highest BCUT2D eigenvalue weighted by atomic mass is 16.5. The number of hydrogen-bond donors (Lipinski definition) is 2. The number of hydrogen-bond acceptors (Lipinski definition) is 4. The monoisotopic (exact) mass is 260 g/mol. The van der Waals surface area contributed by atoms with Crippen molar-refractivity contribution in [2.24, 2.45) is 7.05 Å². The lowest BCUT2D eigenvalue weighted by atomic mass is 10.1. The van der Waals surface area contributed by atoms with Crippen LogP contribution in [0.5, 0.6) is 5.75 Å². The summed E-state index contributed by atoms with van der Waals surface area (Å²) in [6.07, 6.45) is 1.68. The molecule has 0 bridgehead atoms. The first-order valence-corrected chi connectivity index (χ1v) is 5.81. The van der Waals surface area contributed by atoms with Gasteiger partial charge in [0.2, 0.25) is 0 Å². The molecule has 1 amide bonds. The molecular weight excluding hydrogens is 244 g/mol. The lowest BCUT2D eigenvalue weighted by Gasteiger charge is -2.11. The molecule has 0 atom stereocenters. The third kappa shape index (κ3) is 2.67. The third-order valence-corrected chi connectivity index (χ3v) is 2.86. The molecule has 0 unspecified atom stereocenters. The molecule has 0 saturated carbocycles. The zero-order valence-corrected chi connectivity index (χ0v) is 10.9. The first-order valence-electron chi connectivity index (χ1n) is 5.81. The Hall–Kier alpha value is -2.50. The predicted octanol–water partition coefficient (Wildman–Crippen LogP) is 0.941. The number of nitrogens with one attached hydrogen (secondary N) is 1. The quantitative estimate of drug-likeness (QED) is 0.801. The molecule has 1 aromatic heterocycles. The number of carbonyl (C=O) groups is 1. The summed E-state index contributed by atoms with van der Waals surface area (Å²) in [5.74, 6) is 0.193. The van der Waals surface area contributed by atoms with Crippen molar-refractivity contribution in [2.45, 2.75) is 6.54 Å². The Morgan fingerprint density at radius 3 is 2.89 bits per heavy atom. The van der Waals surface area contributed by atoms with Gasteiger partial charge in [-0.15, -0.1) is 0 Å². The van der Waals surface area contributed by atoms with Gasteiger partial charge in [-0.1, -0.05) is 6.07 Å². The number of carbonyl (C=O) groups excluding carboxylic acids is 1. The fourth-order valence-electron chi connectivity index (χ4n) is 1.80. The average Bonchev–Trinajstić information content (AvgIpc) is 2.81. The summed E-state index contributed by atoms with van der Waals surface area (Å²) in [5, 5.41) is 6.83. The van der Waals surface area contributed by atoms with Gasteiger partial charge in [-0.3, -0.25) is 9.48 Å². The molecule has 0 radical (unpaired) electrons. The summed E-state index contributed by atoms with van der Waals surface area (Å²) in [6, 6.07) is 6.95. The highest BCUT2D eigenvalue weighted by Gasteiger charge is 2.15. The number of ether oxygens (including phenoxy) is 1. The van der Waals surface area contributed by atoms with E-state index in [-0.39, 0.29) is 5.91 Å². The number of aryl methyl sites for hydroxylation is 1. The molecule has 19 heavy (non-hydrogen) atoms. The van der Waals surface area contributed by atoms with Crippen molar-refractivity contribution in [3.8, 4) is 5.75 Å². The van der Waals surface area contributed by atoms with E-state index in [1.165, 1.54) is 7.11 Å². The van der Waals surface area contributed by atoms with E-state index in [1.807, 2.05) is 13.1 Å². The minimum absolute atomic E-state index is 0.267. The molecule has 3 N–H and O–H groups in total. The van der Waals surface area contributed by atoms with Crippen molar-refractivity contribution < 1.29 is 9.53 Å². The van der Waals surface area contributed by atoms with Crippen LogP contribution < -0.4 is 15.8 Å². The second kappa shape index (κ2) is 5.43. The highest BCUT2D eigenvalue weighted by Crippen LogP contribution is 2.23. The molecule has 0 aliphatic heterocycles. The van der Waals surface area contributed by atoms with Gasteiger partial charge >= 0.3 is 0 Å². The van der Waals surface area contributed by atoms with Gasteiger partial charge in [0.25, 0.3) is 5.91 Å². The van der Waals surface area contributed by atoms with Crippen LogP contribution in [0, 0.1) is 0 Å². The second-order valence-corrected chi connectivity index (χ2v) is 4.05. The summed E-state index contributed by atoms with van der Waals surface area (Å²) in [6.45, 7) is 0.382. The fraction of sp³-hybridized carbons (Fsp3) is 0.231. The maximum Gasteiger partial charge on any atom is 0.257 e. The van der Waals surface area contributed by atoms with E-state index in [0.717, 1.165) is 5.69 Å². The predicted molar refractivity (Wildman–Crippen MR) is 71.8 cm³/mol. The number of nitrogens with zero attached hydrogens (tertiary/aromatic N) is 2. The van der Waals surface area contributed by atoms with E-state index in [1.54, 1.807) is 29.1 Å². The van der Waals surface area contributed by atoms with Gasteiger partial charge in [0, 0.05) is 18.9 Å². The van der Waals surface area contributed by atoms with Gasteiger partial charge < -0.3 is 15.8 Å². The number of aromatic nitrogens is 2. The molecule has 2 aromatic rings. The number of rotatable bonds is 4. The molecule has 0 aliphatic carbocycles. The van der Waals surface area contributed by atoms with Gasteiger partial charge in [-0.05, 0) is 18.2 Å². The van der Waals surface area contributed by atoms with E-state index >= 15 is 0 Å². The van der Waals surface area contributed by atoms with Gasteiger partial charge in [0.05, 0.1) is 19.3 Å². The van der Waals surface area contributed by atoms with Gasteiger partial charge in [-0.2, -0.15) is 5.10 Å². The van der Waals surface area contributed by atoms with Crippen LogP contribution in [0.25, 0.3) is 0 Å². The fourth-order valence-corrected chi connectivity index (χ4v) is 1.80. The van der Waals surface area contributed by atoms with Gasteiger partial charge in [0.1, 0.15) is 11.3 Å². The molecule has 0 aliphatic rings. The highest BCUT2D eigenvalue weighted by molar-refractivity contribution is 6.01. The summed E-state index contributed by atoms with van der Waals surface area (Å²) < 4.78 is 6.85. The Bertz CT molecular complexity index is 592. The number of nitrogens with two attached hydrogens (primary N) is 1. The van der Waals surface area contributed by atoms with Crippen LogP contribution in [0.4, 0.5) is 5.69 Å². The molecule has 6 nitrogen and oxygen atoms in total. The summed E-state index contributed by atoms with van der Waals surface area (Å²) in [7, 11) is 3.33. The number of methoxy groups -OCH3 is 1. The second-order valence-electron chi connectivity index (χ2n) is 4.05. The molecule has 1 heterocycles.